The average Bonchev–Trinajstić information content (AvgIpc) is 2.88. The molecule has 2 N–H and O–H groups in total. The van der Waals surface area contributed by atoms with Crippen molar-refractivity contribution in [3.63, 3.8) is 0 Å². The molecule has 1 aliphatic carbocycles. The van der Waals surface area contributed by atoms with Gasteiger partial charge in [-0.15, -0.1) is 0 Å². The van der Waals surface area contributed by atoms with Gasteiger partial charge >= 0.3 is 0 Å². The first kappa shape index (κ1) is 13.1. The van der Waals surface area contributed by atoms with Gasteiger partial charge in [0.1, 0.15) is 0 Å². The van der Waals surface area contributed by atoms with E-state index in [0.717, 1.165) is 16.8 Å². The molecular weight excluding hydrogens is 276 g/mol. The van der Waals surface area contributed by atoms with E-state index in [1.165, 1.54) is 19.3 Å². The number of anilines is 1. The van der Waals surface area contributed by atoms with Gasteiger partial charge in [-0.25, -0.2) is 0 Å². The van der Waals surface area contributed by atoms with Gasteiger partial charge in [-0.1, -0.05) is 18.6 Å². The summed E-state index contributed by atoms with van der Waals surface area (Å²) in [6.07, 6.45) is 4.00. The molecule has 2 aromatic rings. The second-order valence-corrected chi connectivity index (χ2v) is 6.07. The molecule has 1 aromatic heterocycles. The minimum absolute atomic E-state index is 0.0217. The standard InChI is InChI=1S/C17H16N4O/c18-9-10-3-1-6-12(7-10)13-8-14(22)19-17-15(13)16(20-21-17)11-4-2-5-11/h1,3,6-7,11,13H,2,4-5,8H2,(H2,19,20,21,22). The Kier molecular flexibility index (Phi) is 2.97. The summed E-state index contributed by atoms with van der Waals surface area (Å²) in [4.78, 5) is 12.0. The molecule has 1 fully saturated rings. The lowest BCUT2D eigenvalue weighted by molar-refractivity contribution is -0.116. The smallest absolute Gasteiger partial charge is 0.226 e. The molecule has 2 heterocycles. The molecule has 1 amide bonds. The predicted molar refractivity (Wildman–Crippen MR) is 81.4 cm³/mol. The zero-order valence-corrected chi connectivity index (χ0v) is 12.1. The second kappa shape index (κ2) is 4.99. The lowest BCUT2D eigenvalue weighted by Crippen LogP contribution is -2.24. The maximum atomic E-state index is 12.0. The number of hydrogen-bond acceptors (Lipinski definition) is 3. The first-order valence-corrected chi connectivity index (χ1v) is 7.64. The number of benzene rings is 1. The van der Waals surface area contributed by atoms with Gasteiger partial charge in [0.05, 0.1) is 11.6 Å². The van der Waals surface area contributed by atoms with Crippen LogP contribution in [0.5, 0.6) is 0 Å². The first-order valence-electron chi connectivity index (χ1n) is 7.64. The summed E-state index contributed by atoms with van der Waals surface area (Å²) in [5, 5.41) is 19.4. The monoisotopic (exact) mass is 292 g/mol. The zero-order chi connectivity index (χ0) is 15.1. The van der Waals surface area contributed by atoms with Gasteiger partial charge in [0.2, 0.25) is 5.91 Å². The van der Waals surface area contributed by atoms with Crippen LogP contribution in [0.2, 0.25) is 0 Å². The van der Waals surface area contributed by atoms with Crippen LogP contribution in [0, 0.1) is 11.3 Å². The van der Waals surface area contributed by atoms with E-state index in [1.54, 1.807) is 6.07 Å². The van der Waals surface area contributed by atoms with Gasteiger partial charge in [-0.3, -0.25) is 9.89 Å². The van der Waals surface area contributed by atoms with E-state index in [-0.39, 0.29) is 11.8 Å². The van der Waals surface area contributed by atoms with Crippen molar-refractivity contribution in [3.8, 4) is 6.07 Å². The second-order valence-electron chi connectivity index (χ2n) is 6.07. The highest BCUT2D eigenvalue weighted by Crippen LogP contribution is 2.45. The minimum atomic E-state index is -0.0219. The van der Waals surface area contributed by atoms with E-state index < -0.39 is 0 Å². The van der Waals surface area contributed by atoms with Crippen LogP contribution in [-0.2, 0) is 4.79 Å². The molecule has 22 heavy (non-hydrogen) atoms. The quantitative estimate of drug-likeness (QED) is 0.892. The highest BCUT2D eigenvalue weighted by atomic mass is 16.1. The fourth-order valence-corrected chi connectivity index (χ4v) is 3.40. The van der Waals surface area contributed by atoms with Gasteiger partial charge in [-0.2, -0.15) is 10.4 Å². The molecule has 0 bridgehead atoms. The van der Waals surface area contributed by atoms with Crippen LogP contribution in [-0.4, -0.2) is 16.1 Å². The Hall–Kier alpha value is -2.61. The normalized spacial score (nSPS) is 20.7. The molecular formula is C17H16N4O. The molecule has 0 radical (unpaired) electrons. The van der Waals surface area contributed by atoms with Crippen LogP contribution in [0.1, 0.15) is 59.9 Å². The summed E-state index contributed by atoms with van der Waals surface area (Å²) < 4.78 is 0. The number of carbonyl (C=O) groups is 1. The number of fused-ring (bicyclic) bond motifs is 1. The summed E-state index contributed by atoms with van der Waals surface area (Å²) in [6.45, 7) is 0. The van der Waals surface area contributed by atoms with Crippen molar-refractivity contribution in [2.45, 2.75) is 37.5 Å². The third kappa shape index (κ3) is 2.00. The van der Waals surface area contributed by atoms with Crippen molar-refractivity contribution < 1.29 is 4.79 Å². The third-order valence-electron chi connectivity index (χ3n) is 4.76. The topological polar surface area (TPSA) is 81.6 Å². The van der Waals surface area contributed by atoms with Crippen molar-refractivity contribution in [1.82, 2.24) is 10.2 Å². The van der Waals surface area contributed by atoms with Crippen molar-refractivity contribution in [2.75, 3.05) is 5.32 Å². The Morgan fingerprint density at radius 3 is 2.91 bits per heavy atom. The Morgan fingerprint density at radius 2 is 2.18 bits per heavy atom. The number of nitrogens with zero attached hydrogens (tertiary/aromatic N) is 2. The van der Waals surface area contributed by atoms with Crippen LogP contribution in [0.4, 0.5) is 5.82 Å². The summed E-state index contributed by atoms with van der Waals surface area (Å²) in [5.74, 6) is 1.14. The van der Waals surface area contributed by atoms with Gasteiger partial charge in [-0.05, 0) is 30.5 Å². The molecule has 5 nitrogen and oxygen atoms in total. The fourth-order valence-electron chi connectivity index (χ4n) is 3.40. The molecule has 110 valence electrons. The number of carbonyl (C=O) groups excluding carboxylic acids is 1. The largest absolute Gasteiger partial charge is 0.309 e. The summed E-state index contributed by atoms with van der Waals surface area (Å²) in [6, 6.07) is 9.71. The Morgan fingerprint density at radius 1 is 1.32 bits per heavy atom. The summed E-state index contributed by atoms with van der Waals surface area (Å²) in [5.41, 5.74) is 3.91. The van der Waals surface area contributed by atoms with E-state index in [4.69, 9.17) is 5.26 Å². The molecule has 1 atom stereocenters. The van der Waals surface area contributed by atoms with Gasteiger partial charge in [0.25, 0.3) is 0 Å². The minimum Gasteiger partial charge on any atom is -0.309 e. The Bertz CT molecular complexity index is 782. The molecule has 1 unspecified atom stereocenters. The summed E-state index contributed by atoms with van der Waals surface area (Å²) in [7, 11) is 0. The van der Waals surface area contributed by atoms with Crippen LogP contribution < -0.4 is 5.32 Å². The molecule has 1 saturated carbocycles. The number of hydrogen-bond donors (Lipinski definition) is 2. The highest BCUT2D eigenvalue weighted by molar-refractivity contribution is 5.94. The number of aromatic amines is 1. The average molecular weight is 292 g/mol. The lowest BCUT2D eigenvalue weighted by atomic mass is 9.77. The molecule has 0 spiro atoms. The van der Waals surface area contributed by atoms with Crippen LogP contribution in [0.25, 0.3) is 0 Å². The highest BCUT2D eigenvalue weighted by Gasteiger charge is 2.35. The number of H-pyrrole nitrogens is 1. The number of aromatic nitrogens is 2. The van der Waals surface area contributed by atoms with Crippen LogP contribution in [0.15, 0.2) is 24.3 Å². The SMILES string of the molecule is N#Cc1cccc(C2CC(=O)Nc3n[nH]c(C4CCC4)c32)c1. The fraction of sp³-hybridized carbons (Fsp3) is 0.353. The molecule has 1 aliphatic heterocycles. The maximum absolute atomic E-state index is 12.0. The Labute approximate surface area is 128 Å². The zero-order valence-electron chi connectivity index (χ0n) is 12.1. The number of nitriles is 1. The summed E-state index contributed by atoms with van der Waals surface area (Å²) >= 11 is 0. The number of rotatable bonds is 2. The van der Waals surface area contributed by atoms with Crippen molar-refractivity contribution >= 4 is 11.7 Å². The molecule has 2 aliphatic rings. The van der Waals surface area contributed by atoms with Crippen LogP contribution >= 0.6 is 0 Å². The molecule has 0 saturated heterocycles. The van der Waals surface area contributed by atoms with Crippen molar-refractivity contribution in [3.05, 3.63) is 46.6 Å². The van der Waals surface area contributed by atoms with E-state index in [2.05, 4.69) is 21.6 Å². The van der Waals surface area contributed by atoms with E-state index in [0.29, 0.717) is 23.7 Å². The van der Waals surface area contributed by atoms with Gasteiger partial charge < -0.3 is 5.32 Å². The maximum Gasteiger partial charge on any atom is 0.226 e. The molecule has 1 aromatic carbocycles. The van der Waals surface area contributed by atoms with E-state index in [1.807, 2.05) is 18.2 Å². The van der Waals surface area contributed by atoms with Gasteiger partial charge in [0.15, 0.2) is 5.82 Å². The Balaban J connectivity index is 1.82. The third-order valence-corrected chi connectivity index (χ3v) is 4.76. The predicted octanol–water partition coefficient (Wildman–Crippen LogP) is 3.02. The van der Waals surface area contributed by atoms with Gasteiger partial charge in [0, 0.05) is 29.5 Å². The number of nitrogens with one attached hydrogen (secondary N) is 2. The van der Waals surface area contributed by atoms with E-state index in [9.17, 15) is 4.79 Å². The van der Waals surface area contributed by atoms with Crippen LogP contribution in [0.3, 0.4) is 0 Å². The first-order chi connectivity index (χ1) is 10.8. The molecule has 4 rings (SSSR count). The van der Waals surface area contributed by atoms with Crippen molar-refractivity contribution in [1.29, 1.82) is 5.26 Å². The van der Waals surface area contributed by atoms with Crippen molar-refractivity contribution in [2.24, 2.45) is 0 Å². The number of amides is 1. The lowest BCUT2D eigenvalue weighted by Gasteiger charge is -2.29. The molecule has 5 heteroatoms. The van der Waals surface area contributed by atoms with E-state index >= 15 is 0 Å².